The summed E-state index contributed by atoms with van der Waals surface area (Å²) in [5.41, 5.74) is 2.78. The molecule has 23 heavy (non-hydrogen) atoms. The van der Waals surface area contributed by atoms with E-state index in [1.54, 1.807) is 0 Å². The Morgan fingerprint density at radius 3 is 2.48 bits per heavy atom. The Hall–Kier alpha value is -1.73. The zero-order chi connectivity index (χ0) is 16.6. The quantitative estimate of drug-likeness (QED) is 0.862. The molecular weight excluding hydrogens is 310 g/mol. The number of aryl methyl sites for hydroxylation is 3. The smallest absolute Gasteiger partial charge is 0.266 e. The lowest BCUT2D eigenvalue weighted by Gasteiger charge is -2.33. The number of hydrogen-bond donors (Lipinski definition) is 0. The summed E-state index contributed by atoms with van der Waals surface area (Å²) in [6.45, 7) is 12.6. The van der Waals surface area contributed by atoms with Gasteiger partial charge in [-0.3, -0.25) is 4.79 Å². The number of hydrogen-bond acceptors (Lipinski definition) is 5. The van der Waals surface area contributed by atoms with Gasteiger partial charge in [0.05, 0.1) is 11.4 Å². The number of nitrogens with zero attached hydrogens (tertiary/aromatic N) is 5. The number of likely N-dealkylation sites (N-methyl/N-ethyl adjacent to an activating group) is 1. The Labute approximate surface area is 140 Å². The predicted octanol–water partition coefficient (Wildman–Crippen LogP) is 2.03. The fraction of sp³-hybridized carbons (Fsp3) is 0.562. The molecule has 7 heteroatoms. The van der Waals surface area contributed by atoms with E-state index in [4.69, 9.17) is 0 Å². The fourth-order valence-electron chi connectivity index (χ4n) is 2.90. The molecule has 0 aromatic carbocycles. The largest absolute Gasteiger partial charge is 0.335 e. The van der Waals surface area contributed by atoms with Crippen molar-refractivity contribution in [2.75, 3.05) is 32.7 Å². The number of aromatic nitrogens is 3. The molecule has 3 heterocycles. The van der Waals surface area contributed by atoms with Gasteiger partial charge >= 0.3 is 0 Å². The van der Waals surface area contributed by atoms with Crippen molar-refractivity contribution < 1.29 is 4.79 Å². The first kappa shape index (κ1) is 16.1. The minimum Gasteiger partial charge on any atom is -0.335 e. The second-order valence-corrected chi connectivity index (χ2v) is 6.95. The molecule has 1 fully saturated rings. The van der Waals surface area contributed by atoms with Gasteiger partial charge in [0.25, 0.3) is 5.91 Å². The van der Waals surface area contributed by atoms with Gasteiger partial charge in [0.2, 0.25) is 5.13 Å². The maximum atomic E-state index is 12.8. The van der Waals surface area contributed by atoms with Crippen molar-refractivity contribution in [2.45, 2.75) is 27.7 Å². The van der Waals surface area contributed by atoms with Crippen LogP contribution in [0, 0.1) is 20.8 Å². The molecule has 1 aliphatic heterocycles. The first-order valence-electron chi connectivity index (χ1n) is 8.02. The van der Waals surface area contributed by atoms with Crippen LogP contribution in [0.2, 0.25) is 0 Å². The van der Waals surface area contributed by atoms with Gasteiger partial charge in [0.15, 0.2) is 0 Å². The molecule has 0 unspecified atom stereocenters. The maximum Gasteiger partial charge on any atom is 0.266 e. The van der Waals surface area contributed by atoms with E-state index >= 15 is 0 Å². The Balaban J connectivity index is 1.81. The summed E-state index contributed by atoms with van der Waals surface area (Å²) in [6, 6.07) is 2.02. The van der Waals surface area contributed by atoms with Gasteiger partial charge in [-0.25, -0.2) is 9.67 Å². The second-order valence-electron chi connectivity index (χ2n) is 5.98. The molecule has 2 aromatic heterocycles. The van der Waals surface area contributed by atoms with Crippen molar-refractivity contribution in [3.05, 3.63) is 28.0 Å². The van der Waals surface area contributed by atoms with Crippen LogP contribution in [0.3, 0.4) is 0 Å². The van der Waals surface area contributed by atoms with E-state index < -0.39 is 0 Å². The number of amides is 1. The van der Waals surface area contributed by atoms with Gasteiger partial charge in [-0.2, -0.15) is 5.10 Å². The highest BCUT2D eigenvalue weighted by atomic mass is 32.1. The summed E-state index contributed by atoms with van der Waals surface area (Å²) < 4.78 is 1.82. The number of carbonyl (C=O) groups excluding carboxylic acids is 1. The van der Waals surface area contributed by atoms with E-state index in [0.717, 1.165) is 59.8 Å². The normalized spacial score (nSPS) is 16.1. The van der Waals surface area contributed by atoms with E-state index in [-0.39, 0.29) is 5.91 Å². The van der Waals surface area contributed by atoms with E-state index in [0.29, 0.717) is 0 Å². The van der Waals surface area contributed by atoms with Crippen LogP contribution in [0.1, 0.15) is 33.7 Å². The molecule has 1 amide bonds. The summed E-state index contributed by atoms with van der Waals surface area (Å²) in [7, 11) is 0. The number of piperazine rings is 1. The van der Waals surface area contributed by atoms with Gasteiger partial charge in [0.1, 0.15) is 4.88 Å². The predicted molar refractivity (Wildman–Crippen MR) is 91.5 cm³/mol. The standard InChI is InChI=1S/C16H23N5OS/c1-5-19-6-8-20(9-7-19)15(22)14-13(4)17-16(23-14)21-12(3)10-11(2)18-21/h10H,5-9H2,1-4H3. The summed E-state index contributed by atoms with van der Waals surface area (Å²) in [5.74, 6) is 0.100. The average molecular weight is 333 g/mol. The molecule has 0 bridgehead atoms. The van der Waals surface area contributed by atoms with Gasteiger partial charge in [0, 0.05) is 31.9 Å². The van der Waals surface area contributed by atoms with Gasteiger partial charge in [-0.1, -0.05) is 18.3 Å². The van der Waals surface area contributed by atoms with Gasteiger partial charge in [-0.05, 0) is 33.4 Å². The summed E-state index contributed by atoms with van der Waals surface area (Å²) in [6.07, 6.45) is 0. The van der Waals surface area contributed by atoms with Crippen LogP contribution in [0.25, 0.3) is 5.13 Å². The van der Waals surface area contributed by atoms with Crippen molar-refractivity contribution in [1.29, 1.82) is 0 Å². The molecule has 0 N–H and O–H groups in total. The third-order valence-corrected chi connectivity index (χ3v) is 5.40. The van der Waals surface area contributed by atoms with E-state index in [2.05, 4.69) is 21.9 Å². The topological polar surface area (TPSA) is 54.3 Å². The highest BCUT2D eigenvalue weighted by Crippen LogP contribution is 2.24. The molecule has 1 aliphatic rings. The molecule has 0 radical (unpaired) electrons. The van der Waals surface area contributed by atoms with Crippen molar-refractivity contribution in [3.8, 4) is 5.13 Å². The van der Waals surface area contributed by atoms with Gasteiger partial charge < -0.3 is 9.80 Å². The number of carbonyl (C=O) groups is 1. The molecule has 3 rings (SSSR count). The number of thiazole rings is 1. The summed E-state index contributed by atoms with van der Waals surface area (Å²) >= 11 is 1.43. The molecule has 0 atom stereocenters. The number of rotatable bonds is 3. The van der Waals surface area contributed by atoms with Crippen LogP contribution in [-0.2, 0) is 0 Å². The molecule has 6 nitrogen and oxygen atoms in total. The lowest BCUT2D eigenvalue weighted by Crippen LogP contribution is -2.48. The van der Waals surface area contributed by atoms with Crippen LogP contribution in [-0.4, -0.2) is 63.2 Å². The highest BCUT2D eigenvalue weighted by Gasteiger charge is 2.25. The van der Waals surface area contributed by atoms with Crippen LogP contribution < -0.4 is 0 Å². The highest BCUT2D eigenvalue weighted by molar-refractivity contribution is 7.16. The fourth-order valence-corrected chi connectivity index (χ4v) is 3.95. The summed E-state index contributed by atoms with van der Waals surface area (Å²) in [4.78, 5) is 22.4. The Bertz CT molecular complexity index is 712. The minimum absolute atomic E-state index is 0.100. The van der Waals surface area contributed by atoms with E-state index in [1.165, 1.54) is 11.3 Å². The van der Waals surface area contributed by atoms with Crippen LogP contribution >= 0.6 is 11.3 Å². The first-order chi connectivity index (χ1) is 11.0. The molecule has 1 saturated heterocycles. The van der Waals surface area contributed by atoms with Crippen LogP contribution in [0.5, 0.6) is 0 Å². The average Bonchev–Trinajstić information content (AvgIpc) is 3.08. The van der Waals surface area contributed by atoms with Crippen molar-refractivity contribution in [1.82, 2.24) is 24.6 Å². The van der Waals surface area contributed by atoms with Crippen LogP contribution in [0.4, 0.5) is 0 Å². The minimum atomic E-state index is 0.100. The monoisotopic (exact) mass is 333 g/mol. The zero-order valence-electron chi connectivity index (χ0n) is 14.2. The molecule has 0 saturated carbocycles. The molecule has 2 aromatic rings. The Morgan fingerprint density at radius 2 is 1.91 bits per heavy atom. The zero-order valence-corrected chi connectivity index (χ0v) is 15.0. The second kappa shape index (κ2) is 6.41. The van der Waals surface area contributed by atoms with Gasteiger partial charge in [-0.15, -0.1) is 0 Å². The maximum absolute atomic E-state index is 12.8. The van der Waals surface area contributed by atoms with E-state index in [1.807, 2.05) is 36.4 Å². The van der Waals surface area contributed by atoms with Crippen LogP contribution in [0.15, 0.2) is 6.07 Å². The third kappa shape index (κ3) is 3.16. The Kier molecular flexibility index (Phi) is 4.50. The van der Waals surface area contributed by atoms with Crippen molar-refractivity contribution in [3.63, 3.8) is 0 Å². The summed E-state index contributed by atoms with van der Waals surface area (Å²) in [5, 5.41) is 5.23. The molecular formula is C16H23N5OS. The SMILES string of the molecule is CCN1CCN(C(=O)c2sc(-n3nc(C)cc3C)nc2C)CC1. The van der Waals surface area contributed by atoms with Crippen molar-refractivity contribution in [2.24, 2.45) is 0 Å². The lowest BCUT2D eigenvalue weighted by molar-refractivity contribution is 0.0647. The molecule has 0 spiro atoms. The Morgan fingerprint density at radius 1 is 1.22 bits per heavy atom. The first-order valence-corrected chi connectivity index (χ1v) is 8.84. The lowest BCUT2D eigenvalue weighted by atomic mass is 10.3. The van der Waals surface area contributed by atoms with E-state index in [9.17, 15) is 4.79 Å². The molecule has 124 valence electrons. The van der Waals surface area contributed by atoms with Crippen molar-refractivity contribution >= 4 is 17.2 Å². The third-order valence-electron chi connectivity index (χ3n) is 4.28. The molecule has 0 aliphatic carbocycles.